The van der Waals surface area contributed by atoms with Crippen LogP contribution in [0.3, 0.4) is 0 Å². The van der Waals surface area contributed by atoms with Gasteiger partial charge in [0.05, 0.1) is 14.2 Å². The molecule has 0 aliphatic rings. The molecule has 1 aromatic carbocycles. The quantitative estimate of drug-likeness (QED) is 0.839. The number of urea groups is 1. The molecule has 0 spiro atoms. The topological polar surface area (TPSA) is 59.6 Å². The number of benzene rings is 1. The molecule has 2 N–H and O–H groups in total. The number of carbonyl (C=O) groups is 1. The van der Waals surface area contributed by atoms with E-state index in [1.807, 2.05) is 32.0 Å². The Morgan fingerprint density at radius 3 is 2.17 bits per heavy atom. The molecule has 0 radical (unpaired) electrons. The second-order valence-corrected chi connectivity index (χ2v) is 7.62. The monoisotopic (exact) mass is 322 g/mol. The maximum atomic E-state index is 12.1. The highest BCUT2D eigenvalue weighted by Gasteiger charge is 2.26. The van der Waals surface area contributed by atoms with Crippen molar-refractivity contribution < 1.29 is 14.3 Å². The molecule has 0 unspecified atom stereocenters. The minimum absolute atomic E-state index is 0.153. The van der Waals surface area contributed by atoms with Crippen molar-refractivity contribution in [1.82, 2.24) is 10.6 Å². The van der Waals surface area contributed by atoms with Crippen LogP contribution in [0.25, 0.3) is 0 Å². The van der Waals surface area contributed by atoms with Crippen LogP contribution < -0.4 is 20.1 Å². The van der Waals surface area contributed by atoms with Crippen LogP contribution >= 0.6 is 0 Å². The van der Waals surface area contributed by atoms with Crippen molar-refractivity contribution in [3.05, 3.63) is 23.8 Å². The number of hydrogen-bond acceptors (Lipinski definition) is 3. The lowest BCUT2D eigenvalue weighted by atomic mass is 9.82. The molecule has 23 heavy (non-hydrogen) atoms. The Balaban J connectivity index is 2.59. The Hall–Kier alpha value is -1.91. The number of hydrogen-bond donors (Lipinski definition) is 2. The van der Waals surface area contributed by atoms with E-state index in [-0.39, 0.29) is 17.0 Å². The number of rotatable bonds is 6. The van der Waals surface area contributed by atoms with Crippen molar-refractivity contribution >= 4 is 6.03 Å². The van der Waals surface area contributed by atoms with Crippen LogP contribution in [0.15, 0.2) is 18.2 Å². The summed E-state index contributed by atoms with van der Waals surface area (Å²) in [7, 11) is 3.19. The normalized spacial score (nSPS) is 11.8. The molecule has 0 aromatic heterocycles. The molecule has 0 saturated carbocycles. The van der Waals surface area contributed by atoms with E-state index >= 15 is 0 Å². The van der Waals surface area contributed by atoms with E-state index in [2.05, 4.69) is 31.4 Å². The lowest BCUT2D eigenvalue weighted by molar-refractivity contribution is 0.210. The minimum atomic E-state index is -0.264. The fourth-order valence-electron chi connectivity index (χ4n) is 2.89. The largest absolute Gasteiger partial charge is 0.493 e. The van der Waals surface area contributed by atoms with E-state index in [1.54, 1.807) is 14.2 Å². The fourth-order valence-corrected chi connectivity index (χ4v) is 2.89. The predicted octanol–water partition coefficient (Wildman–Crippen LogP) is 3.72. The van der Waals surface area contributed by atoms with E-state index in [4.69, 9.17) is 9.47 Å². The third-order valence-electron chi connectivity index (χ3n) is 3.33. The van der Waals surface area contributed by atoms with E-state index in [9.17, 15) is 4.79 Å². The zero-order valence-corrected chi connectivity index (χ0v) is 15.4. The van der Waals surface area contributed by atoms with Crippen LogP contribution in [0.5, 0.6) is 11.5 Å². The SMILES string of the molecule is COc1ccc(CNC(=O)NC(C)(C)CC(C)(C)C)cc1OC. The van der Waals surface area contributed by atoms with Crippen molar-refractivity contribution in [1.29, 1.82) is 0 Å². The van der Waals surface area contributed by atoms with Gasteiger partial charge in [-0.3, -0.25) is 0 Å². The predicted molar refractivity (Wildman–Crippen MR) is 93.1 cm³/mol. The first-order valence-corrected chi connectivity index (χ1v) is 7.83. The second kappa shape index (κ2) is 7.57. The third kappa shape index (κ3) is 6.80. The molecule has 5 heteroatoms. The number of carbonyl (C=O) groups excluding carboxylic acids is 1. The van der Waals surface area contributed by atoms with Gasteiger partial charge in [-0.05, 0) is 43.4 Å². The summed E-state index contributed by atoms with van der Waals surface area (Å²) in [4.78, 5) is 12.1. The van der Waals surface area contributed by atoms with Crippen LogP contribution in [0.4, 0.5) is 4.79 Å². The Kier molecular flexibility index (Phi) is 6.30. The Labute approximate surface area is 139 Å². The van der Waals surface area contributed by atoms with Crippen LogP contribution in [-0.2, 0) is 6.54 Å². The van der Waals surface area contributed by atoms with Gasteiger partial charge < -0.3 is 20.1 Å². The van der Waals surface area contributed by atoms with Crippen LogP contribution in [0.2, 0.25) is 0 Å². The third-order valence-corrected chi connectivity index (χ3v) is 3.33. The molecule has 0 aliphatic heterocycles. The standard InChI is InChI=1S/C18H30N2O3/c1-17(2,3)12-18(4,5)20-16(21)19-11-13-8-9-14(22-6)15(10-13)23-7/h8-10H,11-12H2,1-7H3,(H2,19,20,21). The van der Waals surface area contributed by atoms with Crippen LogP contribution in [-0.4, -0.2) is 25.8 Å². The molecular weight excluding hydrogens is 292 g/mol. The minimum Gasteiger partial charge on any atom is -0.493 e. The summed E-state index contributed by atoms with van der Waals surface area (Å²) in [5.74, 6) is 1.33. The van der Waals surface area contributed by atoms with Gasteiger partial charge in [0.2, 0.25) is 0 Å². The summed E-state index contributed by atoms with van der Waals surface area (Å²) < 4.78 is 10.5. The van der Waals surface area contributed by atoms with Gasteiger partial charge in [0.15, 0.2) is 11.5 Å². The van der Waals surface area contributed by atoms with Gasteiger partial charge in [-0.2, -0.15) is 0 Å². The van der Waals surface area contributed by atoms with Gasteiger partial charge in [0.25, 0.3) is 0 Å². The molecule has 130 valence electrons. The molecular formula is C18H30N2O3. The Bertz CT molecular complexity index is 534. The van der Waals surface area contributed by atoms with Crippen molar-refractivity contribution in [3.8, 4) is 11.5 Å². The summed E-state index contributed by atoms with van der Waals surface area (Å²) in [6.45, 7) is 11.0. The zero-order valence-electron chi connectivity index (χ0n) is 15.4. The van der Waals surface area contributed by atoms with Gasteiger partial charge >= 0.3 is 6.03 Å². The van der Waals surface area contributed by atoms with Gasteiger partial charge in [-0.1, -0.05) is 26.8 Å². The van der Waals surface area contributed by atoms with E-state index in [0.29, 0.717) is 18.0 Å². The molecule has 2 amide bonds. The molecule has 1 rings (SSSR count). The van der Waals surface area contributed by atoms with Gasteiger partial charge in [0, 0.05) is 12.1 Å². The highest BCUT2D eigenvalue weighted by molar-refractivity contribution is 5.74. The average molecular weight is 322 g/mol. The molecule has 0 heterocycles. The van der Waals surface area contributed by atoms with Gasteiger partial charge in [-0.25, -0.2) is 4.79 Å². The fraction of sp³-hybridized carbons (Fsp3) is 0.611. The second-order valence-electron chi connectivity index (χ2n) is 7.62. The molecule has 1 aromatic rings. The molecule has 0 fully saturated rings. The summed E-state index contributed by atoms with van der Waals surface area (Å²) in [5.41, 5.74) is 0.839. The van der Waals surface area contributed by atoms with Crippen LogP contribution in [0.1, 0.15) is 46.6 Å². The number of ether oxygens (including phenoxy) is 2. The van der Waals surface area contributed by atoms with Crippen molar-refractivity contribution in [3.63, 3.8) is 0 Å². The van der Waals surface area contributed by atoms with E-state index in [1.165, 1.54) is 0 Å². The number of methoxy groups -OCH3 is 2. The lowest BCUT2D eigenvalue weighted by Crippen LogP contribution is -2.49. The summed E-state index contributed by atoms with van der Waals surface area (Å²) in [5, 5.41) is 5.91. The number of amides is 2. The van der Waals surface area contributed by atoms with E-state index in [0.717, 1.165) is 12.0 Å². The molecule has 0 bridgehead atoms. The van der Waals surface area contributed by atoms with Crippen molar-refractivity contribution in [2.24, 2.45) is 5.41 Å². The zero-order chi connectivity index (χ0) is 17.7. The lowest BCUT2D eigenvalue weighted by Gasteiger charge is -2.33. The van der Waals surface area contributed by atoms with Gasteiger partial charge in [-0.15, -0.1) is 0 Å². The van der Waals surface area contributed by atoms with Crippen LogP contribution in [0, 0.1) is 5.41 Å². The molecule has 0 aliphatic carbocycles. The Morgan fingerprint density at radius 2 is 1.65 bits per heavy atom. The first-order chi connectivity index (χ1) is 10.6. The smallest absolute Gasteiger partial charge is 0.315 e. The first kappa shape index (κ1) is 19.1. The van der Waals surface area contributed by atoms with Crippen molar-refractivity contribution in [2.45, 2.75) is 53.1 Å². The first-order valence-electron chi connectivity index (χ1n) is 7.83. The summed E-state index contributed by atoms with van der Waals surface area (Å²) >= 11 is 0. The van der Waals surface area contributed by atoms with Crippen molar-refractivity contribution in [2.75, 3.05) is 14.2 Å². The van der Waals surface area contributed by atoms with E-state index < -0.39 is 0 Å². The molecule has 5 nitrogen and oxygen atoms in total. The highest BCUT2D eigenvalue weighted by Crippen LogP contribution is 2.28. The summed E-state index contributed by atoms with van der Waals surface area (Å²) in [6, 6.07) is 5.42. The maximum absolute atomic E-state index is 12.1. The molecule has 0 saturated heterocycles. The molecule has 0 atom stereocenters. The average Bonchev–Trinajstić information content (AvgIpc) is 2.41. The maximum Gasteiger partial charge on any atom is 0.315 e. The highest BCUT2D eigenvalue weighted by atomic mass is 16.5. The number of nitrogens with one attached hydrogen (secondary N) is 2. The Morgan fingerprint density at radius 1 is 1.04 bits per heavy atom. The van der Waals surface area contributed by atoms with Gasteiger partial charge in [0.1, 0.15) is 0 Å². The summed E-state index contributed by atoms with van der Waals surface area (Å²) in [6.07, 6.45) is 0.893.